The van der Waals surface area contributed by atoms with Gasteiger partial charge in [-0.05, 0) is 24.5 Å². The largest absolute Gasteiger partial charge is 0.390 e. The van der Waals surface area contributed by atoms with Crippen LogP contribution in [0.1, 0.15) is 44.1 Å². The van der Waals surface area contributed by atoms with Crippen LogP contribution in [0.15, 0.2) is 18.2 Å². The van der Waals surface area contributed by atoms with Gasteiger partial charge in [-0.3, -0.25) is 0 Å². The summed E-state index contributed by atoms with van der Waals surface area (Å²) < 4.78 is 0. The van der Waals surface area contributed by atoms with Crippen LogP contribution in [0.4, 0.5) is 0 Å². The molecule has 1 aromatic rings. The molecule has 0 bridgehead atoms. The SMILES string of the molecule is OC1(Cc2cccc(Cl)c2Cl)CCCCCC1. The molecule has 0 aromatic heterocycles. The molecule has 2 rings (SSSR count). The van der Waals surface area contributed by atoms with E-state index in [1.807, 2.05) is 12.1 Å². The second-order valence-electron chi connectivity index (χ2n) is 5.03. The van der Waals surface area contributed by atoms with Gasteiger partial charge in [0.1, 0.15) is 0 Å². The number of aliphatic hydroxyl groups is 1. The van der Waals surface area contributed by atoms with Crippen molar-refractivity contribution in [2.75, 3.05) is 0 Å². The van der Waals surface area contributed by atoms with Crippen LogP contribution in [0.25, 0.3) is 0 Å². The maximum Gasteiger partial charge on any atom is 0.0688 e. The van der Waals surface area contributed by atoms with Crippen molar-refractivity contribution in [1.29, 1.82) is 0 Å². The maximum atomic E-state index is 10.6. The molecule has 3 heteroatoms. The topological polar surface area (TPSA) is 20.2 Å². The molecular weight excluding hydrogens is 255 g/mol. The van der Waals surface area contributed by atoms with E-state index in [0.717, 1.165) is 31.2 Å². The van der Waals surface area contributed by atoms with Crippen LogP contribution in [0.3, 0.4) is 0 Å². The second-order valence-corrected chi connectivity index (χ2v) is 5.81. The van der Waals surface area contributed by atoms with Gasteiger partial charge in [0.2, 0.25) is 0 Å². The Kier molecular flexibility index (Phi) is 4.35. The predicted molar refractivity (Wildman–Crippen MR) is 72.8 cm³/mol. The molecule has 0 unspecified atom stereocenters. The van der Waals surface area contributed by atoms with Gasteiger partial charge in [0.05, 0.1) is 15.6 Å². The molecular formula is C14H18Cl2O. The van der Waals surface area contributed by atoms with Crippen LogP contribution >= 0.6 is 23.2 Å². The van der Waals surface area contributed by atoms with Crippen molar-refractivity contribution in [1.82, 2.24) is 0 Å². The van der Waals surface area contributed by atoms with E-state index in [0.29, 0.717) is 16.5 Å². The minimum absolute atomic E-state index is 0.571. The van der Waals surface area contributed by atoms with Crippen molar-refractivity contribution < 1.29 is 5.11 Å². The van der Waals surface area contributed by atoms with E-state index in [1.54, 1.807) is 6.07 Å². The van der Waals surface area contributed by atoms with Gasteiger partial charge in [0, 0.05) is 6.42 Å². The van der Waals surface area contributed by atoms with Gasteiger partial charge in [-0.25, -0.2) is 0 Å². The van der Waals surface area contributed by atoms with E-state index in [2.05, 4.69) is 0 Å². The Morgan fingerprint density at radius 2 is 1.71 bits per heavy atom. The van der Waals surface area contributed by atoms with E-state index in [-0.39, 0.29) is 0 Å². The summed E-state index contributed by atoms with van der Waals surface area (Å²) in [7, 11) is 0. The standard InChI is InChI=1S/C14H18Cl2O/c15-12-7-5-6-11(13(12)16)10-14(17)8-3-1-2-4-9-14/h5-7,17H,1-4,8-10H2. The van der Waals surface area contributed by atoms with Crippen molar-refractivity contribution >= 4 is 23.2 Å². The lowest BCUT2D eigenvalue weighted by Gasteiger charge is -2.27. The summed E-state index contributed by atoms with van der Waals surface area (Å²) in [6.07, 6.45) is 7.03. The highest BCUT2D eigenvalue weighted by Crippen LogP contribution is 2.34. The summed E-state index contributed by atoms with van der Waals surface area (Å²) in [5.74, 6) is 0. The Balaban J connectivity index is 2.15. The molecule has 1 fully saturated rings. The first-order valence-electron chi connectivity index (χ1n) is 6.26. The molecule has 1 N–H and O–H groups in total. The van der Waals surface area contributed by atoms with E-state index in [1.165, 1.54) is 12.8 Å². The van der Waals surface area contributed by atoms with Crippen molar-refractivity contribution in [3.8, 4) is 0 Å². The van der Waals surface area contributed by atoms with Crippen molar-refractivity contribution in [2.45, 2.75) is 50.5 Å². The molecule has 1 saturated carbocycles. The zero-order valence-corrected chi connectivity index (χ0v) is 11.4. The Labute approximate surface area is 113 Å². The quantitative estimate of drug-likeness (QED) is 0.779. The molecule has 0 saturated heterocycles. The lowest BCUT2D eigenvalue weighted by Crippen LogP contribution is -2.30. The third-order valence-electron chi connectivity index (χ3n) is 3.59. The normalized spacial score (nSPS) is 19.9. The minimum atomic E-state index is -0.592. The first-order valence-corrected chi connectivity index (χ1v) is 7.02. The molecule has 0 spiro atoms. The molecule has 1 aliphatic carbocycles. The van der Waals surface area contributed by atoms with Gasteiger partial charge >= 0.3 is 0 Å². The molecule has 1 aliphatic rings. The smallest absolute Gasteiger partial charge is 0.0688 e. The molecule has 94 valence electrons. The molecule has 0 aliphatic heterocycles. The number of halogens is 2. The third-order valence-corrected chi connectivity index (χ3v) is 4.44. The second kappa shape index (κ2) is 5.60. The Morgan fingerprint density at radius 1 is 1.06 bits per heavy atom. The van der Waals surface area contributed by atoms with Crippen molar-refractivity contribution in [3.63, 3.8) is 0 Å². The number of hydrogen-bond donors (Lipinski definition) is 1. The van der Waals surface area contributed by atoms with E-state index < -0.39 is 5.60 Å². The van der Waals surface area contributed by atoms with E-state index in [4.69, 9.17) is 23.2 Å². The lowest BCUT2D eigenvalue weighted by molar-refractivity contribution is 0.0253. The molecule has 1 nitrogen and oxygen atoms in total. The van der Waals surface area contributed by atoms with Crippen molar-refractivity contribution in [2.24, 2.45) is 0 Å². The Hall–Kier alpha value is -0.240. The maximum absolute atomic E-state index is 10.6. The molecule has 0 heterocycles. The molecule has 17 heavy (non-hydrogen) atoms. The summed E-state index contributed by atoms with van der Waals surface area (Å²) in [4.78, 5) is 0. The van der Waals surface area contributed by atoms with Crippen LogP contribution in [-0.4, -0.2) is 10.7 Å². The molecule has 0 radical (unpaired) electrons. The highest BCUT2D eigenvalue weighted by Gasteiger charge is 2.29. The van der Waals surface area contributed by atoms with Gasteiger partial charge in [-0.15, -0.1) is 0 Å². The van der Waals surface area contributed by atoms with Gasteiger partial charge in [-0.1, -0.05) is 61.0 Å². The van der Waals surface area contributed by atoms with E-state index >= 15 is 0 Å². The predicted octanol–water partition coefficient (Wildman–Crippen LogP) is 4.62. The summed E-state index contributed by atoms with van der Waals surface area (Å²) in [6, 6.07) is 5.63. The zero-order chi connectivity index (χ0) is 12.3. The fourth-order valence-corrected chi connectivity index (χ4v) is 2.99. The number of benzene rings is 1. The lowest BCUT2D eigenvalue weighted by atomic mass is 9.87. The minimum Gasteiger partial charge on any atom is -0.390 e. The van der Waals surface area contributed by atoms with Gasteiger partial charge in [0.15, 0.2) is 0 Å². The fourth-order valence-electron chi connectivity index (χ4n) is 2.60. The molecule has 0 atom stereocenters. The monoisotopic (exact) mass is 272 g/mol. The van der Waals surface area contributed by atoms with Gasteiger partial charge < -0.3 is 5.11 Å². The summed E-state index contributed by atoms with van der Waals surface area (Å²) in [6.45, 7) is 0. The third kappa shape index (κ3) is 3.37. The number of rotatable bonds is 2. The summed E-state index contributed by atoms with van der Waals surface area (Å²) >= 11 is 12.2. The van der Waals surface area contributed by atoms with Crippen molar-refractivity contribution in [3.05, 3.63) is 33.8 Å². The van der Waals surface area contributed by atoms with Gasteiger partial charge in [-0.2, -0.15) is 0 Å². The van der Waals surface area contributed by atoms with Crippen LogP contribution < -0.4 is 0 Å². The average molecular weight is 273 g/mol. The highest BCUT2D eigenvalue weighted by atomic mass is 35.5. The van der Waals surface area contributed by atoms with E-state index in [9.17, 15) is 5.11 Å². The average Bonchev–Trinajstić information content (AvgIpc) is 2.50. The zero-order valence-electron chi connectivity index (χ0n) is 9.88. The first kappa shape index (κ1) is 13.2. The molecule has 0 amide bonds. The highest BCUT2D eigenvalue weighted by molar-refractivity contribution is 6.42. The Bertz CT molecular complexity index is 382. The molecule has 1 aromatic carbocycles. The first-order chi connectivity index (χ1) is 8.11. The van der Waals surface area contributed by atoms with Crippen LogP contribution in [0.5, 0.6) is 0 Å². The number of hydrogen-bond acceptors (Lipinski definition) is 1. The summed E-state index contributed by atoms with van der Waals surface area (Å²) in [5, 5.41) is 11.8. The van der Waals surface area contributed by atoms with Crippen LogP contribution in [0.2, 0.25) is 10.0 Å². The fraction of sp³-hybridized carbons (Fsp3) is 0.571. The van der Waals surface area contributed by atoms with Gasteiger partial charge in [0.25, 0.3) is 0 Å². The Morgan fingerprint density at radius 3 is 2.35 bits per heavy atom. The van der Waals surface area contributed by atoms with Crippen LogP contribution in [0, 0.1) is 0 Å². The summed E-state index contributed by atoms with van der Waals surface area (Å²) in [5.41, 5.74) is 0.369. The van der Waals surface area contributed by atoms with Crippen LogP contribution in [-0.2, 0) is 6.42 Å².